The molecule has 10 rings (SSSR count). The monoisotopic (exact) mass is 838 g/mol. The van der Waals surface area contributed by atoms with Crippen molar-refractivity contribution in [2.24, 2.45) is 0 Å². The van der Waals surface area contributed by atoms with Crippen molar-refractivity contribution in [3.05, 3.63) is 255 Å². The highest BCUT2D eigenvalue weighted by Gasteiger charge is 2.17. The van der Waals surface area contributed by atoms with Gasteiger partial charge in [0, 0.05) is 88.4 Å². The van der Waals surface area contributed by atoms with E-state index in [9.17, 15) is 0 Å². The summed E-state index contributed by atoms with van der Waals surface area (Å²) in [5.74, 6) is 0. The standard InChI is InChI=1S/C59H46N6/c1-43-3-7-45(8-4-43)46-9-21-53(22-10-46)64(58-33-39-61-40-34-58)54-25-15-49(16-26-54)50-17-29-56(30-18-50)65(59-35-41-62-42-36-59)55-27-13-48(14-28-55)47-11-23-52(24-12-47)63(57-31-37-60-38-32-57)51-19-5-44(2)6-20-51/h3-42H,1-2H3. The van der Waals surface area contributed by atoms with E-state index in [1.165, 1.54) is 22.3 Å². The van der Waals surface area contributed by atoms with Crippen molar-refractivity contribution >= 4 is 51.2 Å². The van der Waals surface area contributed by atoms with Crippen LogP contribution in [0.1, 0.15) is 11.1 Å². The first kappa shape index (κ1) is 40.5. The smallest absolute Gasteiger partial charge is 0.0492 e. The normalized spacial score (nSPS) is 10.9. The summed E-state index contributed by atoms with van der Waals surface area (Å²) in [6.45, 7) is 4.23. The lowest BCUT2D eigenvalue weighted by atomic mass is 10.0. The van der Waals surface area contributed by atoms with Crippen LogP contribution >= 0.6 is 0 Å². The molecule has 6 heteroatoms. The third-order valence-corrected chi connectivity index (χ3v) is 11.7. The van der Waals surface area contributed by atoms with Crippen LogP contribution in [-0.2, 0) is 0 Å². The fourth-order valence-electron chi connectivity index (χ4n) is 8.28. The van der Waals surface area contributed by atoms with E-state index >= 15 is 0 Å². The molecule has 0 atom stereocenters. The highest BCUT2D eigenvalue weighted by molar-refractivity contribution is 5.83. The summed E-state index contributed by atoms with van der Waals surface area (Å²) in [4.78, 5) is 19.7. The van der Waals surface area contributed by atoms with Gasteiger partial charge < -0.3 is 14.7 Å². The molecule has 0 fully saturated rings. The maximum Gasteiger partial charge on any atom is 0.0492 e. The Kier molecular flexibility index (Phi) is 11.4. The van der Waals surface area contributed by atoms with Crippen molar-refractivity contribution in [3.8, 4) is 33.4 Å². The van der Waals surface area contributed by atoms with Crippen molar-refractivity contribution in [1.82, 2.24) is 15.0 Å². The third-order valence-electron chi connectivity index (χ3n) is 11.7. The number of rotatable bonds is 12. The molecular weight excluding hydrogens is 793 g/mol. The van der Waals surface area contributed by atoms with Gasteiger partial charge in [0.2, 0.25) is 0 Å². The van der Waals surface area contributed by atoms with Crippen LogP contribution in [-0.4, -0.2) is 15.0 Å². The van der Waals surface area contributed by atoms with Crippen molar-refractivity contribution in [1.29, 1.82) is 0 Å². The summed E-state index contributed by atoms with van der Waals surface area (Å²) in [5.41, 5.74) is 19.0. The van der Waals surface area contributed by atoms with Crippen LogP contribution in [0.4, 0.5) is 51.2 Å². The predicted octanol–water partition coefficient (Wildman–Crippen LogP) is 15.9. The van der Waals surface area contributed by atoms with Crippen LogP contribution in [0.15, 0.2) is 243 Å². The summed E-state index contributed by atoms with van der Waals surface area (Å²) in [5, 5.41) is 0. The predicted molar refractivity (Wildman–Crippen MR) is 270 cm³/mol. The number of benzene rings is 7. The summed E-state index contributed by atoms with van der Waals surface area (Å²) >= 11 is 0. The van der Waals surface area contributed by atoms with E-state index in [4.69, 9.17) is 0 Å². The Balaban J connectivity index is 0.895. The fraction of sp³-hybridized carbons (Fsp3) is 0.0339. The highest BCUT2D eigenvalue weighted by Crippen LogP contribution is 2.40. The van der Waals surface area contributed by atoms with Gasteiger partial charge in [-0.25, -0.2) is 0 Å². The lowest BCUT2D eigenvalue weighted by molar-refractivity contribution is 1.24. The third kappa shape index (κ3) is 8.87. The van der Waals surface area contributed by atoms with Gasteiger partial charge in [0.25, 0.3) is 0 Å². The number of anilines is 9. The first-order valence-electron chi connectivity index (χ1n) is 21.8. The minimum absolute atomic E-state index is 1.03. The first-order chi connectivity index (χ1) is 32.0. The molecule has 0 amide bonds. The van der Waals surface area contributed by atoms with Gasteiger partial charge in [-0.05, 0) is 156 Å². The van der Waals surface area contributed by atoms with Crippen LogP contribution in [0, 0.1) is 13.8 Å². The Morgan fingerprint density at radius 2 is 0.354 bits per heavy atom. The molecular formula is C59H46N6. The minimum atomic E-state index is 1.03. The van der Waals surface area contributed by atoms with Crippen molar-refractivity contribution in [2.45, 2.75) is 13.8 Å². The maximum atomic E-state index is 4.32. The van der Waals surface area contributed by atoms with Gasteiger partial charge in [-0.3, -0.25) is 15.0 Å². The molecule has 0 saturated heterocycles. The summed E-state index contributed by atoms with van der Waals surface area (Å²) in [6, 6.07) is 73.4. The molecule has 0 radical (unpaired) electrons. The maximum absolute atomic E-state index is 4.32. The molecule has 6 nitrogen and oxygen atoms in total. The van der Waals surface area contributed by atoms with Gasteiger partial charge in [0.1, 0.15) is 0 Å². The van der Waals surface area contributed by atoms with Gasteiger partial charge in [-0.1, -0.05) is 108 Å². The molecule has 7 aromatic carbocycles. The topological polar surface area (TPSA) is 48.4 Å². The molecule has 3 heterocycles. The Labute approximate surface area is 381 Å². The van der Waals surface area contributed by atoms with Gasteiger partial charge in [0.05, 0.1) is 0 Å². The zero-order valence-corrected chi connectivity index (χ0v) is 36.3. The zero-order valence-electron chi connectivity index (χ0n) is 36.3. The molecule has 0 N–H and O–H groups in total. The first-order valence-corrected chi connectivity index (χ1v) is 21.8. The SMILES string of the molecule is Cc1ccc(-c2ccc(N(c3ccncc3)c3ccc(-c4ccc(N(c5ccncc5)c5ccc(-c6ccc(N(c7ccncc7)c7ccc(C)cc7)cc6)cc5)cc4)cc3)cc2)cc1. The van der Waals surface area contributed by atoms with E-state index in [1.807, 2.05) is 73.6 Å². The molecule has 65 heavy (non-hydrogen) atoms. The second-order valence-corrected chi connectivity index (χ2v) is 16.1. The molecule has 0 unspecified atom stereocenters. The number of nitrogens with zero attached hydrogens (tertiary/aromatic N) is 6. The molecule has 0 saturated carbocycles. The van der Waals surface area contributed by atoms with Crippen molar-refractivity contribution in [3.63, 3.8) is 0 Å². The second kappa shape index (κ2) is 18.4. The van der Waals surface area contributed by atoms with Crippen molar-refractivity contribution in [2.75, 3.05) is 14.7 Å². The van der Waals surface area contributed by atoms with Crippen LogP contribution in [0.2, 0.25) is 0 Å². The summed E-state index contributed by atoms with van der Waals surface area (Å²) in [6.07, 6.45) is 11.0. The average Bonchev–Trinajstić information content (AvgIpc) is 3.37. The number of aromatic nitrogens is 3. The molecule has 3 aromatic heterocycles. The fourth-order valence-corrected chi connectivity index (χ4v) is 8.28. The number of hydrogen-bond donors (Lipinski definition) is 0. The average molecular weight is 839 g/mol. The van der Waals surface area contributed by atoms with E-state index < -0.39 is 0 Å². The Bertz CT molecular complexity index is 3090. The Hall–Kier alpha value is -8.61. The lowest BCUT2D eigenvalue weighted by Crippen LogP contribution is -2.10. The van der Waals surface area contributed by atoms with E-state index in [-0.39, 0.29) is 0 Å². The van der Waals surface area contributed by atoms with E-state index in [2.05, 4.69) is 213 Å². The van der Waals surface area contributed by atoms with Gasteiger partial charge in [-0.2, -0.15) is 0 Å². The zero-order chi connectivity index (χ0) is 44.0. The Morgan fingerprint density at radius 3 is 0.569 bits per heavy atom. The van der Waals surface area contributed by atoms with Gasteiger partial charge in [-0.15, -0.1) is 0 Å². The number of aryl methyl sites for hydroxylation is 2. The summed E-state index contributed by atoms with van der Waals surface area (Å²) < 4.78 is 0. The minimum Gasteiger partial charge on any atom is -0.310 e. The van der Waals surface area contributed by atoms with E-state index in [0.29, 0.717) is 0 Å². The number of hydrogen-bond acceptors (Lipinski definition) is 6. The van der Waals surface area contributed by atoms with Crippen LogP contribution in [0.5, 0.6) is 0 Å². The lowest BCUT2D eigenvalue weighted by Gasteiger charge is -2.26. The highest BCUT2D eigenvalue weighted by atomic mass is 15.2. The largest absolute Gasteiger partial charge is 0.310 e. The Morgan fingerprint density at radius 1 is 0.200 bits per heavy atom. The molecule has 0 spiro atoms. The molecule has 312 valence electrons. The van der Waals surface area contributed by atoms with E-state index in [1.54, 1.807) is 0 Å². The molecule has 0 aliphatic carbocycles. The second-order valence-electron chi connectivity index (χ2n) is 16.1. The van der Waals surface area contributed by atoms with E-state index in [0.717, 1.165) is 73.4 Å². The number of pyridine rings is 3. The summed E-state index contributed by atoms with van der Waals surface area (Å²) in [7, 11) is 0. The van der Waals surface area contributed by atoms with Gasteiger partial charge in [0.15, 0.2) is 0 Å². The quantitative estimate of drug-likeness (QED) is 0.122. The van der Waals surface area contributed by atoms with Crippen LogP contribution < -0.4 is 14.7 Å². The van der Waals surface area contributed by atoms with Gasteiger partial charge >= 0.3 is 0 Å². The molecule has 10 aromatic rings. The molecule has 0 aliphatic heterocycles. The van der Waals surface area contributed by atoms with Crippen LogP contribution in [0.25, 0.3) is 33.4 Å². The van der Waals surface area contributed by atoms with Crippen LogP contribution in [0.3, 0.4) is 0 Å². The molecule has 0 aliphatic rings. The molecule has 0 bridgehead atoms. The van der Waals surface area contributed by atoms with Crippen molar-refractivity contribution < 1.29 is 0 Å².